The van der Waals surface area contributed by atoms with Crippen molar-refractivity contribution < 1.29 is 58.6 Å². The Bertz CT molecular complexity index is 1290. The van der Waals surface area contributed by atoms with Gasteiger partial charge in [-0.15, -0.1) is 0 Å². The molecule has 1 atom stereocenters. The molecule has 0 aliphatic carbocycles. The molecule has 0 saturated heterocycles. The summed E-state index contributed by atoms with van der Waals surface area (Å²) in [6.45, 7) is -1.16. The summed E-state index contributed by atoms with van der Waals surface area (Å²) in [5, 5.41) is 3.82. The number of rotatable bonds is 10. The van der Waals surface area contributed by atoms with Gasteiger partial charge in [-0.1, -0.05) is 12.1 Å². The zero-order chi connectivity index (χ0) is 31.3. The van der Waals surface area contributed by atoms with Crippen LogP contribution in [0.1, 0.15) is 36.9 Å². The molecule has 0 radical (unpaired) electrons. The van der Waals surface area contributed by atoms with Crippen LogP contribution in [0.25, 0.3) is 5.57 Å². The lowest BCUT2D eigenvalue weighted by Crippen LogP contribution is -2.59. The standard InChI is InChI=1S/C26H24F9N3O4/c1-41-17-7-8-20(36-13-17)18-11-23(26(33,34)35,38-22(40)19(18)14-37-21(39)12-25(30,31)32)15-3-5-16(6-4-15)42-10-2-9-24(27,28)29/h3-8,13H,2,9-12,14H2,1H3,(H,37,39)(H,38,40)/t23-/m0/s1. The van der Waals surface area contributed by atoms with E-state index in [-0.39, 0.29) is 35.8 Å². The van der Waals surface area contributed by atoms with Crippen LogP contribution in [0.5, 0.6) is 11.5 Å². The topological polar surface area (TPSA) is 89.5 Å². The van der Waals surface area contributed by atoms with E-state index in [1.54, 1.807) is 0 Å². The van der Waals surface area contributed by atoms with E-state index in [4.69, 9.17) is 9.47 Å². The highest BCUT2D eigenvalue weighted by Gasteiger charge is 2.59. The van der Waals surface area contributed by atoms with E-state index >= 15 is 0 Å². The van der Waals surface area contributed by atoms with Crippen LogP contribution in [-0.4, -0.2) is 55.6 Å². The van der Waals surface area contributed by atoms with Crippen LogP contribution in [0.4, 0.5) is 39.5 Å². The number of pyridine rings is 1. The largest absolute Gasteiger partial charge is 0.495 e. The number of hydrogen-bond acceptors (Lipinski definition) is 5. The van der Waals surface area contributed by atoms with Gasteiger partial charge in [-0.3, -0.25) is 14.6 Å². The van der Waals surface area contributed by atoms with Crippen molar-refractivity contribution >= 4 is 17.4 Å². The highest BCUT2D eigenvalue weighted by atomic mass is 19.4. The first-order chi connectivity index (χ1) is 19.4. The number of nitrogens with zero attached hydrogens (tertiary/aromatic N) is 1. The average molecular weight is 613 g/mol. The molecule has 7 nitrogen and oxygen atoms in total. The van der Waals surface area contributed by atoms with Gasteiger partial charge in [0.25, 0.3) is 0 Å². The first-order valence-corrected chi connectivity index (χ1v) is 12.2. The molecule has 1 aromatic heterocycles. The first-order valence-electron chi connectivity index (χ1n) is 12.2. The summed E-state index contributed by atoms with van der Waals surface area (Å²) >= 11 is 0. The number of amides is 2. The second-order valence-electron chi connectivity index (χ2n) is 9.23. The Balaban J connectivity index is 1.97. The summed E-state index contributed by atoms with van der Waals surface area (Å²) in [7, 11) is 1.31. The Morgan fingerprint density at radius 1 is 0.976 bits per heavy atom. The second-order valence-corrected chi connectivity index (χ2v) is 9.23. The molecule has 1 aliphatic heterocycles. The molecule has 2 heterocycles. The van der Waals surface area contributed by atoms with Crippen molar-refractivity contribution in [1.82, 2.24) is 15.6 Å². The van der Waals surface area contributed by atoms with Gasteiger partial charge < -0.3 is 20.1 Å². The van der Waals surface area contributed by atoms with Crippen LogP contribution >= 0.6 is 0 Å². The predicted octanol–water partition coefficient (Wildman–Crippen LogP) is 5.61. The lowest BCUT2D eigenvalue weighted by molar-refractivity contribution is -0.201. The quantitative estimate of drug-likeness (QED) is 0.269. The maximum Gasteiger partial charge on any atom is 0.416 e. The molecule has 2 amide bonds. The van der Waals surface area contributed by atoms with Crippen LogP contribution in [-0.2, 0) is 15.1 Å². The molecule has 0 unspecified atom stereocenters. The van der Waals surface area contributed by atoms with Crippen LogP contribution < -0.4 is 20.1 Å². The second kappa shape index (κ2) is 12.5. The Morgan fingerprint density at radius 2 is 1.62 bits per heavy atom. The molecule has 42 heavy (non-hydrogen) atoms. The summed E-state index contributed by atoms with van der Waals surface area (Å²) in [4.78, 5) is 28.9. The van der Waals surface area contributed by atoms with Gasteiger partial charge in [-0.2, -0.15) is 39.5 Å². The summed E-state index contributed by atoms with van der Waals surface area (Å²) < 4.78 is 129. The normalized spacial score (nSPS) is 18.0. The molecule has 1 aromatic carbocycles. The summed E-state index contributed by atoms with van der Waals surface area (Å²) in [6.07, 6.45) is -17.5. The molecule has 230 valence electrons. The fourth-order valence-electron chi connectivity index (χ4n) is 4.17. The maximum absolute atomic E-state index is 14.7. The number of carbonyl (C=O) groups is 2. The molecule has 16 heteroatoms. The molecular formula is C26H24F9N3O4. The number of carbonyl (C=O) groups excluding carboxylic acids is 2. The molecule has 1 aliphatic rings. The number of halogens is 9. The summed E-state index contributed by atoms with van der Waals surface area (Å²) in [5.41, 5.74) is -4.36. The number of benzene rings is 1. The van der Waals surface area contributed by atoms with Crippen LogP contribution in [0.2, 0.25) is 0 Å². The molecule has 0 fully saturated rings. The third-order valence-electron chi connectivity index (χ3n) is 6.22. The highest BCUT2D eigenvalue weighted by molar-refractivity contribution is 6.04. The molecule has 2 N–H and O–H groups in total. The zero-order valence-corrected chi connectivity index (χ0v) is 21.8. The van der Waals surface area contributed by atoms with Crippen LogP contribution in [0.3, 0.4) is 0 Å². The smallest absolute Gasteiger partial charge is 0.416 e. The first kappa shape index (κ1) is 32.5. The third kappa shape index (κ3) is 8.28. The number of hydrogen-bond donors (Lipinski definition) is 2. The Labute approximate surface area is 233 Å². The van der Waals surface area contributed by atoms with Gasteiger partial charge in [-0.05, 0) is 41.8 Å². The highest BCUT2D eigenvalue weighted by Crippen LogP contribution is 2.48. The van der Waals surface area contributed by atoms with Crippen LogP contribution in [0.15, 0.2) is 48.2 Å². The van der Waals surface area contributed by atoms with Crippen molar-refractivity contribution in [2.24, 2.45) is 0 Å². The SMILES string of the molecule is COc1ccc(C2=C(CNC(=O)CC(F)(F)F)C(=O)N[C@@](c3ccc(OCCCC(F)(F)F)cc3)(C(F)(F)F)C2)nc1. The van der Waals surface area contributed by atoms with Crippen molar-refractivity contribution in [2.45, 2.75) is 49.8 Å². The molecule has 0 bridgehead atoms. The number of aromatic nitrogens is 1. The number of ether oxygens (including phenoxy) is 2. The summed E-state index contributed by atoms with van der Waals surface area (Å²) in [6, 6.07) is 6.78. The number of alkyl halides is 9. The van der Waals surface area contributed by atoms with E-state index in [0.29, 0.717) is 0 Å². The molecular weight excluding hydrogens is 589 g/mol. The average Bonchev–Trinajstić information content (AvgIpc) is 2.88. The number of methoxy groups -OCH3 is 1. The lowest BCUT2D eigenvalue weighted by Gasteiger charge is -2.41. The molecule has 0 spiro atoms. The minimum absolute atomic E-state index is 0.0129. The fraction of sp³-hybridized carbons (Fsp3) is 0.423. The molecule has 2 aromatic rings. The Hall–Kier alpha value is -3.98. The van der Waals surface area contributed by atoms with E-state index in [1.807, 2.05) is 10.6 Å². The minimum atomic E-state index is -5.12. The maximum atomic E-state index is 14.7. The zero-order valence-electron chi connectivity index (χ0n) is 21.8. The van der Waals surface area contributed by atoms with Crippen molar-refractivity contribution in [2.75, 3.05) is 20.3 Å². The molecule has 0 saturated carbocycles. The van der Waals surface area contributed by atoms with E-state index in [2.05, 4.69) is 4.98 Å². The number of nitrogens with one attached hydrogen (secondary N) is 2. The van der Waals surface area contributed by atoms with E-state index in [1.165, 1.54) is 19.2 Å². The van der Waals surface area contributed by atoms with Gasteiger partial charge in [0.05, 0.1) is 25.6 Å². The van der Waals surface area contributed by atoms with Gasteiger partial charge in [0.15, 0.2) is 5.54 Å². The van der Waals surface area contributed by atoms with Gasteiger partial charge in [0.1, 0.15) is 17.9 Å². The van der Waals surface area contributed by atoms with Crippen molar-refractivity contribution in [3.05, 3.63) is 59.4 Å². The van der Waals surface area contributed by atoms with Gasteiger partial charge in [0, 0.05) is 25.0 Å². The predicted molar refractivity (Wildman–Crippen MR) is 129 cm³/mol. The Morgan fingerprint density at radius 3 is 2.14 bits per heavy atom. The third-order valence-corrected chi connectivity index (χ3v) is 6.22. The van der Waals surface area contributed by atoms with Gasteiger partial charge >= 0.3 is 18.5 Å². The van der Waals surface area contributed by atoms with E-state index in [9.17, 15) is 49.1 Å². The monoisotopic (exact) mass is 613 g/mol. The summed E-state index contributed by atoms with van der Waals surface area (Å²) in [5.74, 6) is -2.59. The van der Waals surface area contributed by atoms with Crippen molar-refractivity contribution in [1.29, 1.82) is 0 Å². The minimum Gasteiger partial charge on any atom is -0.495 e. The van der Waals surface area contributed by atoms with Crippen molar-refractivity contribution in [3.63, 3.8) is 0 Å². The molecule has 3 rings (SSSR count). The lowest BCUT2D eigenvalue weighted by atomic mass is 9.77. The van der Waals surface area contributed by atoms with Gasteiger partial charge in [-0.25, -0.2) is 0 Å². The Kier molecular flexibility index (Phi) is 9.67. The van der Waals surface area contributed by atoms with E-state index < -0.39 is 72.8 Å². The van der Waals surface area contributed by atoms with Gasteiger partial charge in [0.2, 0.25) is 11.8 Å². The van der Waals surface area contributed by atoms with Crippen molar-refractivity contribution in [3.8, 4) is 11.5 Å². The van der Waals surface area contributed by atoms with E-state index in [0.717, 1.165) is 30.5 Å². The fourth-order valence-corrected chi connectivity index (χ4v) is 4.17. The van der Waals surface area contributed by atoms with Crippen LogP contribution in [0, 0.1) is 0 Å².